The summed E-state index contributed by atoms with van der Waals surface area (Å²) in [6.07, 6.45) is 0.727. The number of hydrogen-bond acceptors (Lipinski definition) is 4. The van der Waals surface area contributed by atoms with Gasteiger partial charge in [0.15, 0.2) is 0 Å². The van der Waals surface area contributed by atoms with E-state index in [-0.39, 0.29) is 17.3 Å². The van der Waals surface area contributed by atoms with Gasteiger partial charge in [0.1, 0.15) is 12.6 Å². The van der Waals surface area contributed by atoms with Crippen molar-refractivity contribution in [3.63, 3.8) is 0 Å². The molecule has 7 nitrogen and oxygen atoms in total. The van der Waals surface area contributed by atoms with Gasteiger partial charge in [-0.05, 0) is 74.2 Å². The van der Waals surface area contributed by atoms with Gasteiger partial charge < -0.3 is 10.2 Å². The lowest BCUT2D eigenvalue weighted by atomic mass is 10.1. The first kappa shape index (κ1) is 30.5. The highest BCUT2D eigenvalue weighted by molar-refractivity contribution is 7.92. The summed E-state index contributed by atoms with van der Waals surface area (Å²) in [7, 11) is -4.13. The molecule has 0 spiro atoms. The average Bonchev–Trinajstić information content (AvgIpc) is 2.91. The molecule has 0 radical (unpaired) electrons. The largest absolute Gasteiger partial charge is 0.354 e. The van der Waals surface area contributed by atoms with Crippen molar-refractivity contribution in [2.45, 2.75) is 51.6 Å². The molecule has 0 heterocycles. The normalized spacial score (nSPS) is 12.1. The van der Waals surface area contributed by atoms with E-state index in [0.29, 0.717) is 33.4 Å². The molecule has 1 atom stereocenters. The third-order valence-electron chi connectivity index (χ3n) is 6.32. The van der Waals surface area contributed by atoms with Gasteiger partial charge in [-0.25, -0.2) is 8.42 Å². The molecule has 2 amide bonds. The van der Waals surface area contributed by atoms with Crippen LogP contribution in [0.15, 0.2) is 71.6 Å². The van der Waals surface area contributed by atoms with Crippen LogP contribution in [0.2, 0.25) is 10.0 Å². The van der Waals surface area contributed by atoms with E-state index in [0.717, 1.165) is 16.3 Å². The van der Waals surface area contributed by atoms with Crippen LogP contribution in [0.1, 0.15) is 37.0 Å². The topological polar surface area (TPSA) is 86.8 Å². The highest BCUT2D eigenvalue weighted by Gasteiger charge is 2.33. The fourth-order valence-electron chi connectivity index (χ4n) is 4.03. The minimum atomic E-state index is -4.13. The van der Waals surface area contributed by atoms with Crippen LogP contribution in [-0.4, -0.2) is 44.3 Å². The Bertz CT molecular complexity index is 1430. The molecular formula is C29H33Cl2N3O4S. The Labute approximate surface area is 240 Å². The summed E-state index contributed by atoms with van der Waals surface area (Å²) < 4.78 is 28.9. The number of carbonyl (C=O) groups is 2. The van der Waals surface area contributed by atoms with Crippen LogP contribution in [0, 0.1) is 13.8 Å². The molecule has 0 fully saturated rings. The van der Waals surface area contributed by atoms with Crippen LogP contribution >= 0.6 is 23.2 Å². The van der Waals surface area contributed by atoms with Gasteiger partial charge >= 0.3 is 0 Å². The highest BCUT2D eigenvalue weighted by atomic mass is 35.5. The van der Waals surface area contributed by atoms with E-state index in [4.69, 9.17) is 23.2 Å². The maximum atomic E-state index is 14.0. The van der Waals surface area contributed by atoms with Crippen molar-refractivity contribution in [2.24, 2.45) is 0 Å². The molecule has 0 saturated carbocycles. The van der Waals surface area contributed by atoms with Crippen LogP contribution in [0.3, 0.4) is 0 Å². The van der Waals surface area contributed by atoms with Crippen LogP contribution in [0.4, 0.5) is 5.69 Å². The molecule has 0 saturated heterocycles. The number of rotatable bonds is 11. The average molecular weight is 591 g/mol. The third kappa shape index (κ3) is 7.53. The van der Waals surface area contributed by atoms with E-state index in [2.05, 4.69) is 5.32 Å². The minimum absolute atomic E-state index is 0.0123. The molecule has 0 aliphatic heterocycles. The Balaban J connectivity index is 2.07. The monoisotopic (exact) mass is 589 g/mol. The number of hydrogen-bond donors (Lipinski definition) is 1. The second-order valence-electron chi connectivity index (χ2n) is 9.34. The number of nitrogens with zero attached hydrogens (tertiary/aromatic N) is 2. The first-order valence-electron chi connectivity index (χ1n) is 12.6. The van der Waals surface area contributed by atoms with Crippen molar-refractivity contribution < 1.29 is 18.0 Å². The number of carbonyl (C=O) groups excluding carboxylic acids is 2. The van der Waals surface area contributed by atoms with E-state index in [1.807, 2.05) is 26.0 Å². The molecular weight excluding hydrogens is 557 g/mol. The standard InChI is InChI=1S/C29H33Cl2N3O4S/c1-5-15-32-29(36)22(4)33(18-23-13-14-24(30)17-26(23)31)28(35)19-34(27-16-20(2)11-12-21(27)3)39(37,38)25-9-7-6-8-10-25/h6-14,16-17,22H,5,15,18-19H2,1-4H3,(H,32,36)/t22-/m1/s1. The van der Waals surface area contributed by atoms with E-state index < -0.39 is 28.5 Å². The Hall–Kier alpha value is -3.07. The molecule has 208 valence electrons. The number of anilines is 1. The van der Waals surface area contributed by atoms with E-state index in [1.165, 1.54) is 17.0 Å². The van der Waals surface area contributed by atoms with Gasteiger partial charge in [-0.1, -0.05) is 66.5 Å². The number of amides is 2. The second-order valence-corrected chi connectivity index (χ2v) is 12.0. The smallest absolute Gasteiger partial charge is 0.264 e. The maximum absolute atomic E-state index is 14.0. The first-order valence-corrected chi connectivity index (χ1v) is 14.8. The molecule has 3 aromatic rings. The molecule has 10 heteroatoms. The molecule has 0 aromatic heterocycles. The van der Waals surface area contributed by atoms with Gasteiger partial charge in [0.05, 0.1) is 10.6 Å². The summed E-state index contributed by atoms with van der Waals surface area (Å²) >= 11 is 12.5. The van der Waals surface area contributed by atoms with Crippen molar-refractivity contribution in [1.29, 1.82) is 0 Å². The molecule has 3 aromatic carbocycles. The maximum Gasteiger partial charge on any atom is 0.264 e. The van der Waals surface area contributed by atoms with Gasteiger partial charge in [-0.3, -0.25) is 13.9 Å². The fourth-order valence-corrected chi connectivity index (χ4v) is 5.99. The zero-order valence-corrected chi connectivity index (χ0v) is 24.8. The summed E-state index contributed by atoms with van der Waals surface area (Å²) in [4.78, 5) is 28.3. The van der Waals surface area contributed by atoms with Gasteiger partial charge in [-0.2, -0.15) is 0 Å². The van der Waals surface area contributed by atoms with E-state index >= 15 is 0 Å². The number of nitrogens with one attached hydrogen (secondary N) is 1. The van der Waals surface area contributed by atoms with Gasteiger partial charge in [0.25, 0.3) is 10.0 Å². The number of halogens is 2. The quantitative estimate of drug-likeness (QED) is 0.308. The van der Waals surface area contributed by atoms with Gasteiger partial charge in [0.2, 0.25) is 11.8 Å². The summed E-state index contributed by atoms with van der Waals surface area (Å²) in [5.41, 5.74) is 2.50. The van der Waals surface area contributed by atoms with E-state index in [1.54, 1.807) is 56.3 Å². The predicted octanol–water partition coefficient (Wildman–Crippen LogP) is 5.75. The lowest BCUT2D eigenvalue weighted by molar-refractivity contribution is -0.139. The summed E-state index contributed by atoms with van der Waals surface area (Å²) in [6.45, 7) is 7.11. The van der Waals surface area contributed by atoms with Crippen LogP contribution in [0.25, 0.3) is 0 Å². The molecule has 0 unspecified atom stereocenters. The summed E-state index contributed by atoms with van der Waals surface area (Å²) in [5.74, 6) is -0.903. The van der Waals surface area contributed by atoms with Gasteiger partial charge in [-0.15, -0.1) is 0 Å². The number of benzene rings is 3. The molecule has 1 N–H and O–H groups in total. The summed E-state index contributed by atoms with van der Waals surface area (Å²) in [5, 5.41) is 3.59. The fraction of sp³-hybridized carbons (Fsp3) is 0.310. The molecule has 0 aliphatic rings. The van der Waals surface area contributed by atoms with Crippen molar-refractivity contribution in [1.82, 2.24) is 10.2 Å². The number of sulfonamides is 1. The van der Waals surface area contributed by atoms with Crippen molar-refractivity contribution in [3.05, 3.63) is 93.5 Å². The van der Waals surface area contributed by atoms with Crippen LogP contribution in [-0.2, 0) is 26.2 Å². The van der Waals surface area contributed by atoms with Gasteiger partial charge in [0, 0.05) is 23.1 Å². The van der Waals surface area contributed by atoms with Crippen LogP contribution < -0.4 is 9.62 Å². The Kier molecular flexibility index (Phi) is 10.4. The predicted molar refractivity (Wildman–Crippen MR) is 157 cm³/mol. The van der Waals surface area contributed by atoms with Crippen molar-refractivity contribution in [3.8, 4) is 0 Å². The lowest BCUT2D eigenvalue weighted by Crippen LogP contribution is -2.51. The Morgan fingerprint density at radius 3 is 2.31 bits per heavy atom. The second kappa shape index (κ2) is 13.3. The highest BCUT2D eigenvalue weighted by Crippen LogP contribution is 2.29. The zero-order valence-electron chi connectivity index (χ0n) is 22.4. The lowest BCUT2D eigenvalue weighted by Gasteiger charge is -2.32. The van der Waals surface area contributed by atoms with Crippen molar-refractivity contribution >= 4 is 50.7 Å². The molecule has 39 heavy (non-hydrogen) atoms. The van der Waals surface area contributed by atoms with Crippen molar-refractivity contribution in [2.75, 3.05) is 17.4 Å². The third-order valence-corrected chi connectivity index (χ3v) is 8.68. The SMILES string of the molecule is CCCNC(=O)[C@@H](C)N(Cc1ccc(Cl)cc1Cl)C(=O)CN(c1cc(C)ccc1C)S(=O)(=O)c1ccccc1. The molecule has 0 aliphatic carbocycles. The molecule has 0 bridgehead atoms. The Morgan fingerprint density at radius 1 is 0.974 bits per heavy atom. The Morgan fingerprint density at radius 2 is 1.67 bits per heavy atom. The van der Waals surface area contributed by atoms with Crippen LogP contribution in [0.5, 0.6) is 0 Å². The minimum Gasteiger partial charge on any atom is -0.354 e. The number of aryl methyl sites for hydroxylation is 2. The van der Waals surface area contributed by atoms with E-state index in [9.17, 15) is 18.0 Å². The first-order chi connectivity index (χ1) is 18.4. The zero-order chi connectivity index (χ0) is 28.7. The molecule has 3 rings (SSSR count). The summed E-state index contributed by atoms with van der Waals surface area (Å²) in [6, 6.07) is 17.4.